The van der Waals surface area contributed by atoms with Crippen molar-refractivity contribution in [2.45, 2.75) is 25.7 Å². The Kier molecular flexibility index (Phi) is 4.18. The van der Waals surface area contributed by atoms with Crippen LogP contribution < -0.4 is 11.1 Å². The topological polar surface area (TPSA) is 84.4 Å². The molecule has 0 spiro atoms. The third-order valence-electron chi connectivity index (χ3n) is 4.26. The summed E-state index contributed by atoms with van der Waals surface area (Å²) >= 11 is 0. The third kappa shape index (κ3) is 3.28. The van der Waals surface area contributed by atoms with Crippen LogP contribution in [-0.4, -0.2) is 29.2 Å². The van der Waals surface area contributed by atoms with Crippen LogP contribution >= 0.6 is 0 Å². The molecule has 1 aliphatic rings. The van der Waals surface area contributed by atoms with Gasteiger partial charge < -0.3 is 20.5 Å². The number of nitrogens with zero attached hydrogens (tertiary/aromatic N) is 2. The molecule has 6 nitrogen and oxygen atoms in total. The molecule has 2 heterocycles. The van der Waals surface area contributed by atoms with Gasteiger partial charge in [0.25, 0.3) is 0 Å². The van der Waals surface area contributed by atoms with E-state index in [9.17, 15) is 9.18 Å². The summed E-state index contributed by atoms with van der Waals surface area (Å²) in [5, 5.41) is 6.71. The Morgan fingerprint density at radius 3 is 2.83 bits per heavy atom. The van der Waals surface area contributed by atoms with E-state index in [1.165, 1.54) is 6.07 Å². The van der Waals surface area contributed by atoms with Gasteiger partial charge in [-0.1, -0.05) is 11.2 Å². The molecule has 0 radical (unpaired) electrons. The normalized spacial score (nSPS) is 15.7. The number of benzene rings is 1. The van der Waals surface area contributed by atoms with Crippen molar-refractivity contribution in [1.29, 1.82) is 0 Å². The molecule has 0 atom stereocenters. The van der Waals surface area contributed by atoms with Crippen LogP contribution in [0.25, 0.3) is 0 Å². The predicted molar refractivity (Wildman–Crippen MR) is 84.6 cm³/mol. The molecule has 1 fully saturated rings. The van der Waals surface area contributed by atoms with Crippen molar-refractivity contribution in [3.63, 3.8) is 0 Å². The van der Waals surface area contributed by atoms with E-state index in [1.54, 1.807) is 30.0 Å². The van der Waals surface area contributed by atoms with Crippen LogP contribution in [0.3, 0.4) is 0 Å². The second kappa shape index (κ2) is 6.28. The lowest BCUT2D eigenvalue weighted by molar-refractivity contribution is 0.193. The number of urea groups is 1. The van der Waals surface area contributed by atoms with Gasteiger partial charge in [-0.15, -0.1) is 0 Å². The molecule has 7 heteroatoms. The number of anilines is 2. The van der Waals surface area contributed by atoms with Gasteiger partial charge in [0.05, 0.1) is 5.69 Å². The lowest BCUT2D eigenvalue weighted by Gasteiger charge is -2.31. The number of halogens is 1. The quantitative estimate of drug-likeness (QED) is 0.891. The maximum absolute atomic E-state index is 13.5. The minimum atomic E-state index is -0.329. The summed E-state index contributed by atoms with van der Waals surface area (Å²) in [4.78, 5) is 14.0. The molecule has 0 bridgehead atoms. The van der Waals surface area contributed by atoms with Crippen molar-refractivity contribution >= 4 is 17.6 Å². The summed E-state index contributed by atoms with van der Waals surface area (Å²) in [6.07, 6.45) is 1.59. The molecule has 1 aromatic carbocycles. The van der Waals surface area contributed by atoms with E-state index in [0.29, 0.717) is 30.2 Å². The summed E-state index contributed by atoms with van der Waals surface area (Å²) in [5.74, 6) is 0.225. The monoisotopic (exact) mass is 318 g/mol. The molecule has 1 aliphatic heterocycles. The second-order valence-corrected chi connectivity index (χ2v) is 5.76. The molecule has 2 aromatic rings. The van der Waals surface area contributed by atoms with Crippen LogP contribution in [0, 0.1) is 12.7 Å². The molecule has 122 valence electrons. The molecule has 0 saturated carbocycles. The Morgan fingerprint density at radius 1 is 1.43 bits per heavy atom. The van der Waals surface area contributed by atoms with Gasteiger partial charge in [-0.05, 0) is 31.9 Å². The fourth-order valence-corrected chi connectivity index (χ4v) is 2.81. The number of carbonyl (C=O) groups is 1. The standard InChI is InChI=1S/C16H19FN4O2/c1-10-12(17)3-2-4-13(10)19-16(22)21-7-5-11(6-8-21)14-9-15(18)23-20-14/h2-4,9,11H,5-8,18H2,1H3,(H,19,22). The van der Waals surface area contributed by atoms with E-state index in [-0.39, 0.29) is 17.8 Å². The number of likely N-dealkylation sites (tertiary alicyclic amines) is 1. The number of carbonyl (C=O) groups excluding carboxylic acids is 1. The van der Waals surface area contributed by atoms with Gasteiger partial charge in [-0.25, -0.2) is 9.18 Å². The number of piperidine rings is 1. The van der Waals surface area contributed by atoms with Crippen LogP contribution in [-0.2, 0) is 0 Å². The molecule has 3 rings (SSSR count). The van der Waals surface area contributed by atoms with Gasteiger partial charge in [0.1, 0.15) is 5.82 Å². The number of nitrogens with two attached hydrogens (primary N) is 1. The van der Waals surface area contributed by atoms with Crippen LogP contribution in [0.15, 0.2) is 28.8 Å². The molecule has 23 heavy (non-hydrogen) atoms. The second-order valence-electron chi connectivity index (χ2n) is 5.76. The summed E-state index contributed by atoms with van der Waals surface area (Å²) < 4.78 is 18.4. The third-order valence-corrected chi connectivity index (χ3v) is 4.26. The van der Waals surface area contributed by atoms with E-state index >= 15 is 0 Å². The lowest BCUT2D eigenvalue weighted by atomic mass is 9.94. The fraction of sp³-hybridized carbons (Fsp3) is 0.375. The van der Waals surface area contributed by atoms with Gasteiger partial charge >= 0.3 is 6.03 Å². The molecule has 0 unspecified atom stereocenters. The Bertz CT molecular complexity index is 708. The van der Waals surface area contributed by atoms with Gasteiger partial charge in [-0.2, -0.15) is 0 Å². The average molecular weight is 318 g/mol. The number of rotatable bonds is 2. The fourth-order valence-electron chi connectivity index (χ4n) is 2.81. The highest BCUT2D eigenvalue weighted by atomic mass is 19.1. The molecule has 3 N–H and O–H groups in total. The zero-order valence-corrected chi connectivity index (χ0v) is 12.9. The maximum Gasteiger partial charge on any atom is 0.321 e. The molecule has 1 aromatic heterocycles. The largest absolute Gasteiger partial charge is 0.368 e. The minimum Gasteiger partial charge on any atom is -0.368 e. The van der Waals surface area contributed by atoms with E-state index in [1.807, 2.05) is 0 Å². The predicted octanol–water partition coefficient (Wildman–Crippen LogP) is 3.12. The smallest absolute Gasteiger partial charge is 0.321 e. The summed E-state index contributed by atoms with van der Waals surface area (Å²) in [6.45, 7) is 2.86. The van der Waals surface area contributed by atoms with Crippen molar-refractivity contribution < 1.29 is 13.7 Å². The highest BCUT2D eigenvalue weighted by Gasteiger charge is 2.26. The van der Waals surface area contributed by atoms with Crippen molar-refractivity contribution in [1.82, 2.24) is 10.1 Å². The molecule has 0 aliphatic carbocycles. The SMILES string of the molecule is Cc1c(F)cccc1NC(=O)N1CCC(c2cc(N)on2)CC1. The number of hydrogen-bond acceptors (Lipinski definition) is 4. The molecule has 2 amide bonds. The van der Waals surface area contributed by atoms with E-state index < -0.39 is 0 Å². The van der Waals surface area contributed by atoms with Crippen molar-refractivity contribution in [2.24, 2.45) is 0 Å². The minimum absolute atomic E-state index is 0.211. The highest BCUT2D eigenvalue weighted by Crippen LogP contribution is 2.28. The summed E-state index contributed by atoms with van der Waals surface area (Å²) in [7, 11) is 0. The molecular weight excluding hydrogens is 299 g/mol. The van der Waals surface area contributed by atoms with E-state index in [0.717, 1.165) is 18.5 Å². The van der Waals surface area contributed by atoms with E-state index in [4.69, 9.17) is 10.3 Å². The zero-order valence-electron chi connectivity index (χ0n) is 12.9. The number of amides is 2. The van der Waals surface area contributed by atoms with Crippen molar-refractivity contribution in [2.75, 3.05) is 24.1 Å². The van der Waals surface area contributed by atoms with Crippen molar-refractivity contribution in [3.05, 3.63) is 41.3 Å². The summed E-state index contributed by atoms with van der Waals surface area (Å²) in [6, 6.07) is 6.17. The Balaban J connectivity index is 1.59. The molecule has 1 saturated heterocycles. The first-order valence-corrected chi connectivity index (χ1v) is 7.57. The lowest BCUT2D eigenvalue weighted by Crippen LogP contribution is -2.40. The van der Waals surface area contributed by atoms with Crippen LogP contribution in [0.1, 0.15) is 30.0 Å². The van der Waals surface area contributed by atoms with Gasteiger partial charge in [-0.3, -0.25) is 0 Å². The number of aromatic nitrogens is 1. The number of hydrogen-bond donors (Lipinski definition) is 2. The highest BCUT2D eigenvalue weighted by molar-refractivity contribution is 5.90. The average Bonchev–Trinajstić information content (AvgIpc) is 2.98. The Labute approximate surface area is 133 Å². The van der Waals surface area contributed by atoms with E-state index in [2.05, 4.69) is 10.5 Å². The Hall–Kier alpha value is -2.57. The molecular formula is C16H19FN4O2. The zero-order chi connectivity index (χ0) is 16.4. The van der Waals surface area contributed by atoms with Gasteiger partial charge in [0.15, 0.2) is 0 Å². The number of nitrogens with one attached hydrogen (secondary N) is 1. The first kappa shape index (κ1) is 15.3. The first-order chi connectivity index (χ1) is 11.0. The van der Waals surface area contributed by atoms with Crippen LogP contribution in [0.5, 0.6) is 0 Å². The number of nitrogen functional groups attached to an aromatic ring is 1. The Morgan fingerprint density at radius 2 is 2.17 bits per heavy atom. The first-order valence-electron chi connectivity index (χ1n) is 7.57. The summed E-state index contributed by atoms with van der Waals surface area (Å²) in [5.41, 5.74) is 7.32. The van der Waals surface area contributed by atoms with Crippen LogP contribution in [0.2, 0.25) is 0 Å². The van der Waals surface area contributed by atoms with Crippen molar-refractivity contribution in [3.8, 4) is 0 Å². The van der Waals surface area contributed by atoms with Crippen LogP contribution in [0.4, 0.5) is 20.8 Å². The van der Waals surface area contributed by atoms with Gasteiger partial charge in [0.2, 0.25) is 5.88 Å². The van der Waals surface area contributed by atoms with Gasteiger partial charge in [0, 0.05) is 36.3 Å². The maximum atomic E-state index is 13.5.